The minimum absolute atomic E-state index is 0. The zero-order valence-corrected chi connectivity index (χ0v) is 33.0. The van der Waals surface area contributed by atoms with Crippen molar-refractivity contribution in [2.24, 2.45) is 10.8 Å². The van der Waals surface area contributed by atoms with Crippen LogP contribution in [0.5, 0.6) is 0 Å². The van der Waals surface area contributed by atoms with Crippen LogP contribution in [0.4, 0.5) is 0 Å². The summed E-state index contributed by atoms with van der Waals surface area (Å²) in [5, 5.41) is 10.1. The first-order chi connectivity index (χ1) is 22.8. The molecule has 5 rings (SSSR count). The van der Waals surface area contributed by atoms with Crippen LogP contribution in [0.2, 0.25) is 0 Å². The zero-order chi connectivity index (χ0) is 35.2. The molecule has 0 aliphatic heterocycles. The standard InChI is InChI=1S/C27H21N2S.C15H28O2.Ir/c1-17-13-18(2)15-23(14-17)25-27-24(28-16-29-25)19(3)26(30-27)22-11-9-21(10-12-22)20-7-5-4-6-8-20;1-7-14(5,8-2)12(16)11-13(17)15(6,9-3)10-4;/h4-14,16H,1-3H3;11,16H,7-10H2,1-6H3;/q-1;;/b;12-11-;/i16D;;. The van der Waals surface area contributed by atoms with E-state index in [4.69, 9.17) is 1.37 Å². The van der Waals surface area contributed by atoms with E-state index in [0.29, 0.717) is 0 Å². The molecular weight excluding hydrogens is 789 g/mol. The number of aryl methyl sites for hydroxylation is 3. The molecule has 6 heteroatoms. The maximum Gasteiger partial charge on any atom is 0.164 e. The Bertz CT molecular complexity index is 1890. The monoisotopic (exact) mass is 839 g/mol. The van der Waals surface area contributed by atoms with Crippen molar-refractivity contribution in [3.63, 3.8) is 0 Å². The number of ketones is 1. The number of fused-ring (bicyclic) bond motifs is 1. The van der Waals surface area contributed by atoms with Crippen molar-refractivity contribution < 1.29 is 31.4 Å². The Hall–Kier alpha value is -3.44. The van der Waals surface area contributed by atoms with Gasteiger partial charge in [-0.25, -0.2) is 4.98 Å². The molecule has 0 bridgehead atoms. The summed E-state index contributed by atoms with van der Waals surface area (Å²) < 4.78 is 9.19. The third-order valence-electron chi connectivity index (χ3n) is 9.91. The summed E-state index contributed by atoms with van der Waals surface area (Å²) in [6.07, 6.45) is 4.80. The van der Waals surface area contributed by atoms with Gasteiger partial charge in [-0.3, -0.25) is 9.78 Å². The number of allylic oxidation sites excluding steroid dienone is 2. The van der Waals surface area contributed by atoms with E-state index in [1.807, 2.05) is 54.5 Å². The largest absolute Gasteiger partial charge is 0.512 e. The summed E-state index contributed by atoms with van der Waals surface area (Å²) in [5.74, 6) is 0.286. The first kappa shape index (κ1) is 37.4. The fourth-order valence-corrected chi connectivity index (χ4v) is 6.84. The SMILES string of the molecule is CCC(C)(CC)C(=O)/C=C(\O)C(C)(CC)CC.[2H]c1nc(-c2[c-]c(C)cc(C)c2)c2sc(-c3ccc(-c4ccccc4)cc3)c(C)c2n1.[Ir]. The van der Waals surface area contributed by atoms with Gasteiger partial charge in [0, 0.05) is 52.3 Å². The fourth-order valence-electron chi connectivity index (χ4n) is 5.58. The molecule has 4 nitrogen and oxygen atoms in total. The van der Waals surface area contributed by atoms with Crippen LogP contribution in [-0.2, 0) is 24.9 Å². The number of hydrogen-bond acceptors (Lipinski definition) is 5. The van der Waals surface area contributed by atoms with Gasteiger partial charge in [-0.15, -0.1) is 46.2 Å². The van der Waals surface area contributed by atoms with Crippen molar-refractivity contribution in [3.05, 3.63) is 108 Å². The van der Waals surface area contributed by atoms with Crippen LogP contribution in [-0.4, -0.2) is 20.9 Å². The molecule has 0 aliphatic carbocycles. The zero-order valence-electron chi connectivity index (χ0n) is 30.7. The molecule has 0 spiro atoms. The minimum Gasteiger partial charge on any atom is -0.512 e. The average molecular weight is 839 g/mol. The predicted octanol–water partition coefficient (Wildman–Crippen LogP) is 12.1. The number of benzene rings is 3. The van der Waals surface area contributed by atoms with Crippen LogP contribution in [0, 0.1) is 37.7 Å². The number of thiophene rings is 1. The molecule has 0 saturated carbocycles. The molecule has 1 N–H and O–H groups in total. The van der Waals surface area contributed by atoms with E-state index in [2.05, 4.69) is 90.5 Å². The van der Waals surface area contributed by atoms with Gasteiger partial charge < -0.3 is 5.11 Å². The Morgan fingerprint density at radius 1 is 0.854 bits per heavy atom. The molecule has 0 fully saturated rings. The number of aliphatic hydroxyl groups excluding tert-OH is 1. The number of carbonyl (C=O) groups is 1. The average Bonchev–Trinajstić information content (AvgIpc) is 3.42. The Morgan fingerprint density at radius 3 is 1.98 bits per heavy atom. The first-order valence-corrected chi connectivity index (χ1v) is 17.5. The maximum atomic E-state index is 12.2. The smallest absolute Gasteiger partial charge is 0.164 e. The van der Waals surface area contributed by atoms with Crippen LogP contribution in [0.25, 0.3) is 43.0 Å². The van der Waals surface area contributed by atoms with Gasteiger partial charge in [0.1, 0.15) is 13.4 Å². The third-order valence-corrected chi connectivity index (χ3v) is 11.3. The van der Waals surface area contributed by atoms with Crippen LogP contribution in [0.3, 0.4) is 0 Å². The van der Waals surface area contributed by atoms with Crippen molar-refractivity contribution in [3.8, 4) is 32.8 Å². The van der Waals surface area contributed by atoms with Crippen molar-refractivity contribution in [1.29, 1.82) is 0 Å². The second-order valence-electron chi connectivity index (χ2n) is 13.0. The molecular formula is C42H49IrN2O2S-. The molecule has 255 valence electrons. The van der Waals surface area contributed by atoms with Gasteiger partial charge in [-0.1, -0.05) is 110 Å². The molecule has 1 radical (unpaired) electrons. The van der Waals surface area contributed by atoms with Gasteiger partial charge in [0.25, 0.3) is 0 Å². The quantitative estimate of drug-likeness (QED) is 0.0864. The Labute approximate surface area is 306 Å². The van der Waals surface area contributed by atoms with Gasteiger partial charge in [0.15, 0.2) is 5.78 Å². The Balaban J connectivity index is 0.000000312. The first-order valence-electron chi connectivity index (χ1n) is 17.2. The van der Waals surface area contributed by atoms with Gasteiger partial charge in [-0.2, -0.15) is 0 Å². The van der Waals surface area contributed by atoms with Crippen LogP contribution < -0.4 is 0 Å². The molecule has 0 unspecified atom stereocenters. The molecule has 48 heavy (non-hydrogen) atoms. The van der Waals surface area contributed by atoms with Gasteiger partial charge >= 0.3 is 0 Å². The van der Waals surface area contributed by atoms with Gasteiger partial charge in [-0.05, 0) is 54.9 Å². The van der Waals surface area contributed by atoms with E-state index in [1.54, 1.807) is 11.3 Å². The summed E-state index contributed by atoms with van der Waals surface area (Å²) in [7, 11) is 0. The molecule has 0 amide bonds. The van der Waals surface area contributed by atoms with E-state index in [9.17, 15) is 9.90 Å². The van der Waals surface area contributed by atoms with Crippen molar-refractivity contribution in [2.75, 3.05) is 0 Å². The molecule has 2 heterocycles. The fraction of sp³-hybridized carbons (Fsp3) is 0.357. The number of hydrogen-bond donors (Lipinski definition) is 1. The molecule has 0 saturated heterocycles. The Morgan fingerprint density at radius 2 is 1.42 bits per heavy atom. The molecule has 3 aromatic carbocycles. The summed E-state index contributed by atoms with van der Waals surface area (Å²) in [5.41, 5.74) is 8.85. The van der Waals surface area contributed by atoms with Crippen molar-refractivity contribution in [1.82, 2.24) is 9.97 Å². The minimum atomic E-state index is -0.337. The van der Waals surface area contributed by atoms with E-state index in [1.165, 1.54) is 22.1 Å². The second-order valence-corrected chi connectivity index (χ2v) is 14.1. The third kappa shape index (κ3) is 8.58. The molecule has 0 aliphatic rings. The molecule has 2 aromatic heterocycles. The van der Waals surface area contributed by atoms with Gasteiger partial charge in [0.05, 0.1) is 5.52 Å². The van der Waals surface area contributed by atoms with Crippen molar-refractivity contribution >= 4 is 27.3 Å². The van der Waals surface area contributed by atoms with Crippen molar-refractivity contribution in [2.45, 2.75) is 88.0 Å². The number of nitrogens with zero attached hydrogens (tertiary/aromatic N) is 2. The topological polar surface area (TPSA) is 63.1 Å². The number of aliphatic hydroxyl groups is 1. The molecule has 0 atom stereocenters. The molecule has 5 aromatic rings. The number of carbonyl (C=O) groups excluding carboxylic acids is 1. The van der Waals surface area contributed by atoms with Crippen LogP contribution in [0.15, 0.2) is 84.9 Å². The predicted molar refractivity (Wildman–Crippen MR) is 200 cm³/mol. The van der Waals surface area contributed by atoms with Crippen LogP contribution in [0.1, 0.15) is 85.3 Å². The van der Waals surface area contributed by atoms with E-state index in [0.717, 1.165) is 69.4 Å². The van der Waals surface area contributed by atoms with E-state index in [-0.39, 0.29) is 48.8 Å². The summed E-state index contributed by atoms with van der Waals surface area (Å²) in [6.45, 7) is 18.3. The number of aromatic nitrogens is 2. The van der Waals surface area contributed by atoms with Crippen LogP contribution >= 0.6 is 11.3 Å². The van der Waals surface area contributed by atoms with E-state index < -0.39 is 0 Å². The van der Waals surface area contributed by atoms with E-state index >= 15 is 0 Å². The normalized spacial score (nSPS) is 12.2. The maximum absolute atomic E-state index is 12.2. The summed E-state index contributed by atoms with van der Waals surface area (Å²) in [6, 6.07) is 26.6. The number of rotatable bonds is 10. The second kappa shape index (κ2) is 16.8. The Kier molecular flexibility index (Phi) is 13.1. The summed E-state index contributed by atoms with van der Waals surface area (Å²) in [4.78, 5) is 22.3. The summed E-state index contributed by atoms with van der Waals surface area (Å²) >= 11 is 1.69. The van der Waals surface area contributed by atoms with Gasteiger partial charge in [0.2, 0.25) is 0 Å².